The predicted molar refractivity (Wildman–Crippen MR) is 46.3 cm³/mol. The summed E-state index contributed by atoms with van der Waals surface area (Å²) in [4.78, 5) is 21.4. The lowest BCUT2D eigenvalue weighted by atomic mass is 10.1. The van der Waals surface area contributed by atoms with Gasteiger partial charge in [-0.15, -0.1) is 0 Å². The second-order valence-corrected chi connectivity index (χ2v) is 3.14. The minimum atomic E-state index is -0.745. The molecule has 0 radical (unpaired) electrons. The maximum Gasteiger partial charge on any atom is 0.305 e. The van der Waals surface area contributed by atoms with E-state index in [0.717, 1.165) is 6.42 Å². The van der Waals surface area contributed by atoms with E-state index in [4.69, 9.17) is 14.2 Å². The number of ether oxygens (including phenoxy) is 3. The topological polar surface area (TPSA) is 61.8 Å². The Labute approximate surface area is 82.3 Å². The molecule has 14 heavy (non-hydrogen) atoms. The van der Waals surface area contributed by atoms with Crippen molar-refractivity contribution in [2.75, 3.05) is 6.61 Å². The lowest BCUT2D eigenvalue weighted by molar-refractivity contribution is -0.223. The molecule has 5 heteroatoms. The molecule has 0 aromatic rings. The van der Waals surface area contributed by atoms with Crippen LogP contribution in [0.1, 0.15) is 26.7 Å². The molecule has 1 saturated heterocycles. The van der Waals surface area contributed by atoms with E-state index in [-0.39, 0.29) is 0 Å². The average molecular weight is 202 g/mol. The Morgan fingerprint density at radius 3 is 2.43 bits per heavy atom. The van der Waals surface area contributed by atoms with Crippen LogP contribution in [-0.2, 0) is 23.8 Å². The molecule has 1 aliphatic rings. The molecule has 1 fully saturated rings. The van der Waals surface area contributed by atoms with Gasteiger partial charge in [-0.25, -0.2) is 0 Å². The number of carbonyl (C=O) groups excluding carboxylic acids is 2. The molecule has 0 spiro atoms. The molecule has 0 amide bonds. The molecule has 0 aromatic carbocycles. The van der Waals surface area contributed by atoms with Crippen molar-refractivity contribution in [3.8, 4) is 0 Å². The smallest absolute Gasteiger partial charge is 0.305 e. The maximum absolute atomic E-state index is 10.7. The van der Waals surface area contributed by atoms with E-state index in [1.165, 1.54) is 13.8 Å². The molecule has 0 bridgehead atoms. The van der Waals surface area contributed by atoms with Gasteiger partial charge in [0.05, 0.1) is 6.61 Å². The largest absolute Gasteiger partial charge is 0.456 e. The quantitative estimate of drug-likeness (QED) is 0.614. The van der Waals surface area contributed by atoms with Crippen LogP contribution in [0.5, 0.6) is 0 Å². The second kappa shape index (κ2) is 4.95. The van der Waals surface area contributed by atoms with E-state index in [9.17, 15) is 9.59 Å². The lowest BCUT2D eigenvalue weighted by Gasteiger charge is -2.29. The van der Waals surface area contributed by atoms with Gasteiger partial charge in [0.2, 0.25) is 6.29 Å². The van der Waals surface area contributed by atoms with Crippen LogP contribution in [0.2, 0.25) is 0 Å². The van der Waals surface area contributed by atoms with E-state index in [1.807, 2.05) is 0 Å². The summed E-state index contributed by atoms with van der Waals surface area (Å²) >= 11 is 0. The molecule has 0 aliphatic carbocycles. The van der Waals surface area contributed by atoms with E-state index < -0.39 is 24.3 Å². The molecule has 0 saturated carbocycles. The van der Waals surface area contributed by atoms with Gasteiger partial charge in [0.1, 0.15) is 0 Å². The van der Waals surface area contributed by atoms with Crippen molar-refractivity contribution < 1.29 is 23.8 Å². The Morgan fingerprint density at radius 1 is 1.21 bits per heavy atom. The SMILES string of the molecule is CC(=O)O[C@H]1OCCC[C@@H]1OC(C)=O. The van der Waals surface area contributed by atoms with Crippen LogP contribution in [0.4, 0.5) is 0 Å². The molecule has 0 N–H and O–H groups in total. The van der Waals surface area contributed by atoms with E-state index >= 15 is 0 Å². The second-order valence-electron chi connectivity index (χ2n) is 3.14. The summed E-state index contributed by atoms with van der Waals surface area (Å²) in [6, 6.07) is 0. The standard InChI is InChI=1S/C9H14O5/c1-6(10)13-8-4-3-5-12-9(8)14-7(2)11/h8-9H,3-5H2,1-2H3/t8-,9+/m0/s1. The maximum atomic E-state index is 10.7. The Morgan fingerprint density at radius 2 is 1.86 bits per heavy atom. The van der Waals surface area contributed by atoms with Crippen LogP contribution in [0.25, 0.3) is 0 Å². The molecule has 0 unspecified atom stereocenters. The minimum absolute atomic E-state index is 0.391. The first-order chi connectivity index (χ1) is 6.59. The van der Waals surface area contributed by atoms with Gasteiger partial charge < -0.3 is 14.2 Å². The van der Waals surface area contributed by atoms with E-state index in [1.54, 1.807) is 0 Å². The summed E-state index contributed by atoms with van der Waals surface area (Å²) in [5, 5.41) is 0. The molecule has 1 heterocycles. The first kappa shape index (κ1) is 11.0. The first-order valence-electron chi connectivity index (χ1n) is 4.55. The highest BCUT2D eigenvalue weighted by molar-refractivity contribution is 5.67. The van der Waals surface area contributed by atoms with Gasteiger partial charge >= 0.3 is 11.9 Å². The molecule has 1 aliphatic heterocycles. The minimum Gasteiger partial charge on any atom is -0.456 e. The molecule has 80 valence electrons. The highest BCUT2D eigenvalue weighted by atomic mass is 16.7. The van der Waals surface area contributed by atoms with Crippen molar-refractivity contribution in [2.24, 2.45) is 0 Å². The summed E-state index contributed by atoms with van der Waals surface area (Å²) in [6.45, 7) is 3.14. The Balaban J connectivity index is 2.49. The van der Waals surface area contributed by atoms with Crippen molar-refractivity contribution in [1.29, 1.82) is 0 Å². The third-order valence-corrected chi connectivity index (χ3v) is 1.82. The average Bonchev–Trinajstić information content (AvgIpc) is 2.06. The van der Waals surface area contributed by atoms with Crippen LogP contribution in [0, 0.1) is 0 Å². The fourth-order valence-electron chi connectivity index (χ4n) is 1.33. The summed E-state index contributed by atoms with van der Waals surface area (Å²) in [5.41, 5.74) is 0. The van der Waals surface area contributed by atoms with Crippen LogP contribution in [0.15, 0.2) is 0 Å². The third-order valence-electron chi connectivity index (χ3n) is 1.82. The van der Waals surface area contributed by atoms with Crippen LogP contribution in [-0.4, -0.2) is 30.9 Å². The predicted octanol–water partition coefficient (Wildman–Crippen LogP) is 0.618. The normalized spacial score (nSPS) is 26.7. The van der Waals surface area contributed by atoms with Gasteiger partial charge in [-0.1, -0.05) is 0 Å². The van der Waals surface area contributed by atoms with Gasteiger partial charge in [0, 0.05) is 13.8 Å². The van der Waals surface area contributed by atoms with Gasteiger partial charge in [0.25, 0.3) is 0 Å². The number of carbonyl (C=O) groups is 2. The van der Waals surface area contributed by atoms with Crippen molar-refractivity contribution in [3.05, 3.63) is 0 Å². The molecule has 5 nitrogen and oxygen atoms in total. The number of rotatable bonds is 2. The van der Waals surface area contributed by atoms with Gasteiger partial charge in [0.15, 0.2) is 6.10 Å². The first-order valence-corrected chi connectivity index (χ1v) is 4.55. The molecular formula is C9H14O5. The zero-order valence-corrected chi connectivity index (χ0v) is 8.32. The number of hydrogen-bond acceptors (Lipinski definition) is 5. The molecule has 2 atom stereocenters. The van der Waals surface area contributed by atoms with Crippen molar-refractivity contribution >= 4 is 11.9 Å². The lowest BCUT2D eigenvalue weighted by Crippen LogP contribution is -2.40. The van der Waals surface area contributed by atoms with Gasteiger partial charge in [-0.2, -0.15) is 0 Å². The van der Waals surface area contributed by atoms with E-state index in [0.29, 0.717) is 13.0 Å². The monoisotopic (exact) mass is 202 g/mol. The number of hydrogen-bond donors (Lipinski definition) is 0. The van der Waals surface area contributed by atoms with Crippen LogP contribution < -0.4 is 0 Å². The third kappa shape index (κ3) is 3.33. The Kier molecular flexibility index (Phi) is 3.88. The summed E-state index contributed by atoms with van der Waals surface area (Å²) in [5.74, 6) is -0.827. The van der Waals surface area contributed by atoms with Gasteiger partial charge in [-0.3, -0.25) is 9.59 Å². The Bertz CT molecular complexity index is 201. The summed E-state index contributed by atoms with van der Waals surface area (Å²) in [7, 11) is 0. The fraction of sp³-hybridized carbons (Fsp3) is 0.778. The zero-order valence-electron chi connectivity index (χ0n) is 8.32. The van der Waals surface area contributed by atoms with Crippen LogP contribution in [0.3, 0.4) is 0 Å². The molecule has 1 rings (SSSR count). The fourth-order valence-corrected chi connectivity index (χ4v) is 1.33. The zero-order chi connectivity index (χ0) is 10.6. The highest BCUT2D eigenvalue weighted by Crippen LogP contribution is 2.18. The van der Waals surface area contributed by atoms with Crippen molar-refractivity contribution in [3.63, 3.8) is 0 Å². The number of esters is 2. The van der Waals surface area contributed by atoms with Gasteiger partial charge in [-0.05, 0) is 12.8 Å². The highest BCUT2D eigenvalue weighted by Gasteiger charge is 2.30. The molecular weight excluding hydrogens is 188 g/mol. The summed E-state index contributed by atoms with van der Waals surface area (Å²) in [6.07, 6.45) is 0.253. The van der Waals surface area contributed by atoms with Crippen LogP contribution >= 0.6 is 0 Å². The Hall–Kier alpha value is -1.10. The molecule has 0 aromatic heterocycles. The van der Waals surface area contributed by atoms with Crippen molar-refractivity contribution in [1.82, 2.24) is 0 Å². The van der Waals surface area contributed by atoms with E-state index in [2.05, 4.69) is 0 Å². The summed E-state index contributed by atoms with van der Waals surface area (Å²) < 4.78 is 15.0. The van der Waals surface area contributed by atoms with Crippen molar-refractivity contribution in [2.45, 2.75) is 39.1 Å².